The van der Waals surface area contributed by atoms with Crippen LogP contribution in [0.5, 0.6) is 11.5 Å². The maximum Gasteiger partial charge on any atom is 0.272 e. The van der Waals surface area contributed by atoms with Gasteiger partial charge in [-0.3, -0.25) is 14.8 Å². The lowest BCUT2D eigenvalue weighted by Gasteiger charge is -2.23. The lowest BCUT2D eigenvalue weighted by Crippen LogP contribution is -2.42. The number of benzene rings is 1. The highest BCUT2D eigenvalue weighted by molar-refractivity contribution is 5.94. The van der Waals surface area contributed by atoms with Gasteiger partial charge >= 0.3 is 0 Å². The normalized spacial score (nSPS) is 14.2. The van der Waals surface area contributed by atoms with Gasteiger partial charge in [-0.25, -0.2) is 0 Å². The molecule has 2 aromatic rings. The van der Waals surface area contributed by atoms with Crippen LogP contribution in [0.3, 0.4) is 0 Å². The Balaban J connectivity index is 2.48. The molecule has 1 aromatic carbocycles. The van der Waals surface area contributed by atoms with Crippen molar-refractivity contribution in [3.63, 3.8) is 0 Å². The molecule has 0 radical (unpaired) electrons. The molecule has 0 aliphatic carbocycles. The van der Waals surface area contributed by atoms with E-state index in [1.807, 2.05) is 29.8 Å². The van der Waals surface area contributed by atoms with E-state index < -0.39 is 6.23 Å². The van der Waals surface area contributed by atoms with Crippen LogP contribution >= 0.6 is 0 Å². The monoisotopic (exact) mass is 474 g/mol. The van der Waals surface area contributed by atoms with E-state index in [0.29, 0.717) is 42.0 Å². The van der Waals surface area contributed by atoms with E-state index in [4.69, 9.17) is 14.6 Å². The van der Waals surface area contributed by atoms with Crippen LogP contribution in [0.4, 0.5) is 0 Å². The van der Waals surface area contributed by atoms with Crippen molar-refractivity contribution in [2.24, 2.45) is 11.8 Å². The first-order valence-electron chi connectivity index (χ1n) is 12.2. The van der Waals surface area contributed by atoms with Crippen molar-refractivity contribution in [2.75, 3.05) is 20.8 Å². The number of aliphatic hydroxyl groups excluding tert-OH is 1. The van der Waals surface area contributed by atoms with Gasteiger partial charge in [0, 0.05) is 12.5 Å². The summed E-state index contributed by atoms with van der Waals surface area (Å²) in [6.45, 7) is 13.1. The summed E-state index contributed by atoms with van der Waals surface area (Å²) in [6.07, 6.45) is 0.499. The third-order valence-corrected chi connectivity index (χ3v) is 6.04. The lowest BCUT2D eigenvalue weighted by atomic mass is 10.00. The molecule has 1 amide bonds. The van der Waals surface area contributed by atoms with Crippen LogP contribution in [-0.4, -0.2) is 53.8 Å². The Hall–Kier alpha value is -2.58. The zero-order valence-corrected chi connectivity index (χ0v) is 21.9. The first-order valence-corrected chi connectivity index (χ1v) is 12.2. The second-order valence-electron chi connectivity index (χ2n) is 9.49. The van der Waals surface area contributed by atoms with Gasteiger partial charge in [-0.05, 0) is 49.9 Å². The fraction of sp³-hybridized carbons (Fsp3) is 0.615. The Morgan fingerprint density at radius 3 is 2.21 bits per heavy atom. The summed E-state index contributed by atoms with van der Waals surface area (Å²) < 4.78 is 13.1. The Labute approximate surface area is 204 Å². The SMILES string of the molecule is CCNC(O)C[C@H](CC(C)C)NC(=O)c1cc(-c2c(OC)cccc2OC)n(C(C)C(C)C)n1. The number of nitrogens with one attached hydrogen (secondary N) is 2. The van der Waals surface area contributed by atoms with Gasteiger partial charge in [0.2, 0.25) is 0 Å². The molecule has 34 heavy (non-hydrogen) atoms. The van der Waals surface area contributed by atoms with Gasteiger partial charge in [0.1, 0.15) is 17.7 Å². The molecule has 2 unspecified atom stereocenters. The van der Waals surface area contributed by atoms with Crippen LogP contribution in [0.15, 0.2) is 24.3 Å². The average molecular weight is 475 g/mol. The van der Waals surface area contributed by atoms with Gasteiger partial charge in [-0.15, -0.1) is 0 Å². The molecule has 1 heterocycles. The third-order valence-electron chi connectivity index (χ3n) is 6.04. The second-order valence-corrected chi connectivity index (χ2v) is 9.49. The summed E-state index contributed by atoms with van der Waals surface area (Å²) in [7, 11) is 3.23. The molecule has 0 saturated heterocycles. The molecule has 190 valence electrons. The fourth-order valence-electron chi connectivity index (χ4n) is 4.02. The Morgan fingerprint density at radius 2 is 1.71 bits per heavy atom. The van der Waals surface area contributed by atoms with E-state index in [2.05, 4.69) is 45.3 Å². The van der Waals surface area contributed by atoms with Crippen molar-refractivity contribution in [1.82, 2.24) is 20.4 Å². The molecule has 0 aliphatic heterocycles. The molecule has 1 aromatic heterocycles. The Kier molecular flexibility index (Phi) is 10.4. The number of aromatic nitrogens is 2. The highest BCUT2D eigenvalue weighted by Gasteiger charge is 2.26. The molecular formula is C26H42N4O4. The zero-order valence-electron chi connectivity index (χ0n) is 21.9. The molecule has 8 heteroatoms. The number of methoxy groups -OCH3 is 2. The van der Waals surface area contributed by atoms with Gasteiger partial charge in [0.15, 0.2) is 5.69 Å². The van der Waals surface area contributed by atoms with Crippen molar-refractivity contribution in [3.05, 3.63) is 30.0 Å². The van der Waals surface area contributed by atoms with E-state index in [1.54, 1.807) is 20.3 Å². The predicted molar refractivity (Wildman–Crippen MR) is 135 cm³/mol. The van der Waals surface area contributed by atoms with Gasteiger partial charge < -0.3 is 19.9 Å². The van der Waals surface area contributed by atoms with E-state index in [0.717, 1.165) is 17.7 Å². The number of amides is 1. The highest BCUT2D eigenvalue weighted by Crippen LogP contribution is 2.40. The van der Waals surface area contributed by atoms with Crippen LogP contribution < -0.4 is 20.1 Å². The fourth-order valence-corrected chi connectivity index (χ4v) is 4.02. The summed E-state index contributed by atoms with van der Waals surface area (Å²) in [5, 5.41) is 21.1. The van der Waals surface area contributed by atoms with Crippen molar-refractivity contribution in [2.45, 2.75) is 72.7 Å². The Morgan fingerprint density at radius 1 is 1.09 bits per heavy atom. The molecule has 0 aliphatic rings. The number of carbonyl (C=O) groups is 1. The highest BCUT2D eigenvalue weighted by atomic mass is 16.5. The first-order chi connectivity index (χ1) is 16.1. The first kappa shape index (κ1) is 27.7. The number of nitrogens with zero attached hydrogens (tertiary/aromatic N) is 2. The summed E-state index contributed by atoms with van der Waals surface area (Å²) >= 11 is 0. The number of rotatable bonds is 13. The van der Waals surface area contributed by atoms with Crippen molar-refractivity contribution in [3.8, 4) is 22.8 Å². The molecular weight excluding hydrogens is 432 g/mol. The van der Waals surface area contributed by atoms with Crippen molar-refractivity contribution < 1.29 is 19.4 Å². The minimum Gasteiger partial charge on any atom is -0.496 e. The Bertz CT molecular complexity index is 903. The largest absolute Gasteiger partial charge is 0.496 e. The maximum atomic E-state index is 13.3. The van der Waals surface area contributed by atoms with Crippen LogP contribution in [-0.2, 0) is 0 Å². The number of aliphatic hydroxyl groups is 1. The second kappa shape index (κ2) is 12.8. The minimum absolute atomic E-state index is 0.0354. The number of ether oxygens (including phenoxy) is 2. The zero-order chi connectivity index (χ0) is 25.4. The van der Waals surface area contributed by atoms with Crippen LogP contribution in [0.1, 0.15) is 70.9 Å². The molecule has 3 atom stereocenters. The van der Waals surface area contributed by atoms with Gasteiger partial charge in [-0.2, -0.15) is 5.10 Å². The third kappa shape index (κ3) is 6.96. The van der Waals surface area contributed by atoms with Crippen molar-refractivity contribution in [1.29, 1.82) is 0 Å². The molecule has 3 N–H and O–H groups in total. The van der Waals surface area contributed by atoms with E-state index >= 15 is 0 Å². The predicted octanol–water partition coefficient (Wildman–Crippen LogP) is 4.25. The average Bonchev–Trinajstić information content (AvgIpc) is 3.22. The topological polar surface area (TPSA) is 97.6 Å². The van der Waals surface area contributed by atoms with Crippen LogP contribution in [0.25, 0.3) is 11.3 Å². The summed E-state index contributed by atoms with van der Waals surface area (Å²) in [5.41, 5.74) is 1.84. The smallest absolute Gasteiger partial charge is 0.272 e. The van der Waals surface area contributed by atoms with Gasteiger partial charge in [0.05, 0.1) is 31.5 Å². The standard InChI is InChI=1S/C26H42N4O4/c1-9-27-24(31)14-19(13-16(2)3)28-26(32)20-15-21(30(29-20)18(6)17(4)5)25-22(33-7)11-10-12-23(25)34-8/h10-12,15-19,24,27,31H,9,13-14H2,1-8H3,(H,28,32)/t18?,19-,24?/m0/s1. The molecule has 0 spiro atoms. The molecule has 0 bridgehead atoms. The van der Waals surface area contributed by atoms with E-state index in [-0.39, 0.29) is 18.0 Å². The summed E-state index contributed by atoms with van der Waals surface area (Å²) in [6, 6.07) is 7.26. The van der Waals surface area contributed by atoms with Crippen LogP contribution in [0.2, 0.25) is 0 Å². The summed E-state index contributed by atoms with van der Waals surface area (Å²) in [4.78, 5) is 13.3. The summed E-state index contributed by atoms with van der Waals surface area (Å²) in [5.74, 6) is 1.69. The van der Waals surface area contributed by atoms with E-state index in [9.17, 15) is 9.90 Å². The number of hydrogen-bond donors (Lipinski definition) is 3. The van der Waals surface area contributed by atoms with Gasteiger partial charge in [-0.1, -0.05) is 40.7 Å². The maximum absolute atomic E-state index is 13.3. The quantitative estimate of drug-likeness (QED) is 0.376. The lowest BCUT2D eigenvalue weighted by molar-refractivity contribution is 0.0863. The molecule has 8 nitrogen and oxygen atoms in total. The van der Waals surface area contributed by atoms with Gasteiger partial charge in [0.25, 0.3) is 5.91 Å². The molecule has 2 rings (SSSR count). The molecule has 0 saturated carbocycles. The number of hydrogen-bond acceptors (Lipinski definition) is 6. The number of carbonyl (C=O) groups excluding carboxylic acids is 1. The molecule has 0 fully saturated rings. The van der Waals surface area contributed by atoms with E-state index in [1.165, 1.54) is 0 Å². The van der Waals surface area contributed by atoms with Crippen molar-refractivity contribution >= 4 is 5.91 Å². The minimum atomic E-state index is -0.680. The van der Waals surface area contributed by atoms with Crippen LogP contribution in [0, 0.1) is 11.8 Å².